The fraction of sp³-hybridized carbons (Fsp3) is 0.464. The van der Waals surface area contributed by atoms with Crippen molar-refractivity contribution >= 4 is 46.1 Å². The third kappa shape index (κ3) is 10.8. The highest BCUT2D eigenvalue weighted by Crippen LogP contribution is 2.20. The first-order chi connectivity index (χ1) is 16.9. The Bertz CT molecular complexity index is 929. The van der Waals surface area contributed by atoms with Crippen LogP contribution >= 0.6 is 22.6 Å². The monoisotopic (exact) mass is 592 g/mol. The quantitative estimate of drug-likeness (QED) is 0.139. The van der Waals surface area contributed by atoms with Crippen molar-refractivity contribution < 1.29 is 19.5 Å². The number of carbonyl (C=O) groups is 3. The Kier molecular flexibility index (Phi) is 13.4. The molecule has 7 heteroatoms. The number of hydrogen-bond donors (Lipinski definition) is 2. The summed E-state index contributed by atoms with van der Waals surface area (Å²) in [6.45, 7) is 3.00. The predicted octanol–water partition coefficient (Wildman–Crippen LogP) is 6.56. The molecule has 0 unspecified atom stereocenters. The van der Waals surface area contributed by atoms with Crippen LogP contribution < -0.4 is 10.2 Å². The van der Waals surface area contributed by atoms with E-state index in [1.807, 2.05) is 12.1 Å². The van der Waals surface area contributed by atoms with Gasteiger partial charge in [0.1, 0.15) is 0 Å². The van der Waals surface area contributed by atoms with Gasteiger partial charge in [-0.2, -0.15) is 0 Å². The maximum atomic E-state index is 12.4. The van der Waals surface area contributed by atoms with Crippen molar-refractivity contribution in [2.75, 3.05) is 11.4 Å². The van der Waals surface area contributed by atoms with Crippen LogP contribution in [-0.2, 0) is 16.1 Å². The maximum absolute atomic E-state index is 12.4. The van der Waals surface area contributed by atoms with Crippen molar-refractivity contribution in [2.24, 2.45) is 0 Å². The van der Waals surface area contributed by atoms with Crippen LogP contribution in [0.3, 0.4) is 0 Å². The van der Waals surface area contributed by atoms with E-state index in [9.17, 15) is 19.5 Å². The van der Waals surface area contributed by atoms with Crippen LogP contribution in [0.1, 0.15) is 87.1 Å². The van der Waals surface area contributed by atoms with Gasteiger partial charge in [-0.1, -0.05) is 76.8 Å². The predicted molar refractivity (Wildman–Crippen MR) is 149 cm³/mol. The Morgan fingerprint density at radius 3 is 1.89 bits per heavy atom. The lowest BCUT2D eigenvalue weighted by molar-refractivity contribution is -0.148. The number of amides is 2. The topological polar surface area (TPSA) is 86.7 Å². The number of rotatable bonds is 15. The first-order valence-electron chi connectivity index (χ1n) is 12.6. The molecule has 0 atom stereocenters. The zero-order chi connectivity index (χ0) is 25.5. The molecule has 0 heterocycles. The van der Waals surface area contributed by atoms with Crippen molar-refractivity contribution in [2.45, 2.75) is 77.7 Å². The number of unbranched alkanes of at least 4 members (excludes halogenated alkanes) is 9. The number of anilines is 1. The molecule has 2 amide bonds. The van der Waals surface area contributed by atoms with Gasteiger partial charge in [0.25, 0.3) is 5.91 Å². The average Bonchev–Trinajstić information content (AvgIpc) is 2.86. The summed E-state index contributed by atoms with van der Waals surface area (Å²) in [6.07, 6.45) is 12.6. The van der Waals surface area contributed by atoms with E-state index < -0.39 is 11.9 Å². The van der Waals surface area contributed by atoms with Crippen molar-refractivity contribution in [1.82, 2.24) is 5.32 Å². The van der Waals surface area contributed by atoms with Crippen LogP contribution in [0.5, 0.6) is 0 Å². The molecule has 0 fully saturated rings. The van der Waals surface area contributed by atoms with Gasteiger partial charge in [-0.15, -0.1) is 0 Å². The number of nitrogens with zero attached hydrogens (tertiary/aromatic N) is 1. The van der Waals surface area contributed by atoms with E-state index >= 15 is 0 Å². The van der Waals surface area contributed by atoms with E-state index in [0.29, 0.717) is 17.8 Å². The van der Waals surface area contributed by atoms with Crippen LogP contribution in [0.25, 0.3) is 0 Å². The summed E-state index contributed by atoms with van der Waals surface area (Å²) < 4.78 is 0.988. The number of hydrogen-bond acceptors (Lipinski definition) is 3. The first-order valence-corrected chi connectivity index (χ1v) is 13.7. The summed E-state index contributed by atoms with van der Waals surface area (Å²) in [4.78, 5) is 37.2. The number of aliphatic carboxylic acids is 1. The Labute approximate surface area is 222 Å². The molecule has 2 rings (SSSR count). The molecule has 0 aromatic heterocycles. The number of carbonyl (C=O) groups excluding carboxylic acids is 2. The number of nitrogens with one attached hydrogen (secondary N) is 1. The second-order valence-electron chi connectivity index (χ2n) is 8.81. The molecule has 0 aliphatic rings. The standard InChI is InChI=1S/C28H37IN2O4/c1-2-3-4-5-6-7-8-9-10-11-20-30-26(32)23-14-12-22(13-15-23)21-31(27(33)28(34)35)25-18-16-24(29)17-19-25/h12-19H,2-11,20-21H2,1H3,(H,30,32)(H,34,35). The van der Waals surface area contributed by atoms with E-state index in [1.165, 1.54) is 56.3 Å². The van der Waals surface area contributed by atoms with Crippen molar-refractivity contribution in [3.8, 4) is 0 Å². The fourth-order valence-electron chi connectivity index (χ4n) is 3.88. The van der Waals surface area contributed by atoms with E-state index in [2.05, 4.69) is 34.8 Å². The highest BCUT2D eigenvalue weighted by molar-refractivity contribution is 14.1. The summed E-state index contributed by atoms with van der Waals surface area (Å²) in [6, 6.07) is 14.0. The molecular weight excluding hydrogens is 555 g/mol. The lowest BCUT2D eigenvalue weighted by Gasteiger charge is -2.21. The smallest absolute Gasteiger partial charge is 0.394 e. The molecule has 0 spiro atoms. The summed E-state index contributed by atoms with van der Waals surface area (Å²) in [5.41, 5.74) is 1.80. The van der Waals surface area contributed by atoms with Crippen LogP contribution in [0.2, 0.25) is 0 Å². The van der Waals surface area contributed by atoms with Crippen LogP contribution in [0.4, 0.5) is 5.69 Å². The molecule has 2 aromatic rings. The number of halogens is 1. The third-order valence-corrected chi connectivity index (χ3v) is 6.66. The van der Waals surface area contributed by atoms with E-state index in [1.54, 1.807) is 36.4 Å². The molecule has 0 aliphatic carbocycles. The van der Waals surface area contributed by atoms with Crippen LogP contribution in [0.15, 0.2) is 48.5 Å². The van der Waals surface area contributed by atoms with Crippen LogP contribution in [0, 0.1) is 3.57 Å². The average molecular weight is 593 g/mol. The van der Waals surface area contributed by atoms with Gasteiger partial charge in [-0.05, 0) is 71.0 Å². The van der Waals surface area contributed by atoms with Crippen molar-refractivity contribution in [1.29, 1.82) is 0 Å². The lowest BCUT2D eigenvalue weighted by Crippen LogP contribution is -2.36. The normalized spacial score (nSPS) is 10.7. The Hall–Kier alpha value is -2.42. The van der Waals surface area contributed by atoms with Gasteiger partial charge in [-0.3, -0.25) is 14.5 Å². The Morgan fingerprint density at radius 2 is 1.34 bits per heavy atom. The first kappa shape index (κ1) is 28.8. The highest BCUT2D eigenvalue weighted by atomic mass is 127. The molecule has 0 aliphatic heterocycles. The van der Waals surface area contributed by atoms with Gasteiger partial charge in [0.2, 0.25) is 0 Å². The molecule has 35 heavy (non-hydrogen) atoms. The maximum Gasteiger partial charge on any atom is 0.394 e. The molecule has 0 saturated heterocycles. The van der Waals surface area contributed by atoms with Gasteiger partial charge >= 0.3 is 11.9 Å². The second kappa shape index (κ2) is 16.3. The number of carboxylic acid groups (broad SMARTS) is 1. The summed E-state index contributed by atoms with van der Waals surface area (Å²) in [7, 11) is 0. The minimum Gasteiger partial charge on any atom is -0.474 e. The molecular formula is C28H37IN2O4. The second-order valence-corrected chi connectivity index (χ2v) is 10.1. The molecule has 2 aromatic carbocycles. The van der Waals surface area contributed by atoms with E-state index in [-0.39, 0.29) is 12.5 Å². The third-order valence-electron chi connectivity index (χ3n) is 5.94. The minimum atomic E-state index is -1.51. The molecule has 2 N–H and O–H groups in total. The highest BCUT2D eigenvalue weighted by Gasteiger charge is 2.23. The largest absolute Gasteiger partial charge is 0.474 e. The summed E-state index contributed by atoms with van der Waals surface area (Å²) in [5, 5.41) is 12.2. The summed E-state index contributed by atoms with van der Waals surface area (Å²) >= 11 is 2.15. The van der Waals surface area contributed by atoms with E-state index in [0.717, 1.165) is 22.0 Å². The number of carboxylic acids is 1. The van der Waals surface area contributed by atoms with Gasteiger partial charge in [0.05, 0.1) is 6.54 Å². The lowest BCUT2D eigenvalue weighted by atomic mass is 10.1. The summed E-state index contributed by atoms with van der Waals surface area (Å²) in [5.74, 6) is -2.63. The molecule has 6 nitrogen and oxygen atoms in total. The SMILES string of the molecule is CCCCCCCCCCCCNC(=O)c1ccc(CN(C(=O)C(=O)O)c2ccc(I)cc2)cc1. The van der Waals surface area contributed by atoms with Crippen LogP contribution in [-0.4, -0.2) is 29.4 Å². The molecule has 190 valence electrons. The zero-order valence-electron chi connectivity index (χ0n) is 20.6. The minimum absolute atomic E-state index is 0.103. The van der Waals surface area contributed by atoms with E-state index in [4.69, 9.17) is 0 Å². The Balaban J connectivity index is 1.76. The van der Waals surface area contributed by atoms with Gasteiger partial charge in [-0.25, -0.2) is 4.79 Å². The van der Waals surface area contributed by atoms with Gasteiger partial charge in [0, 0.05) is 21.4 Å². The fourth-order valence-corrected chi connectivity index (χ4v) is 4.24. The van der Waals surface area contributed by atoms with Gasteiger partial charge < -0.3 is 10.4 Å². The molecule has 0 saturated carbocycles. The molecule has 0 bridgehead atoms. The van der Waals surface area contributed by atoms with Crippen molar-refractivity contribution in [3.05, 3.63) is 63.2 Å². The van der Waals surface area contributed by atoms with Gasteiger partial charge in [0.15, 0.2) is 0 Å². The zero-order valence-corrected chi connectivity index (χ0v) is 22.8. The van der Waals surface area contributed by atoms with Crippen molar-refractivity contribution in [3.63, 3.8) is 0 Å². The number of benzene rings is 2. The Morgan fingerprint density at radius 1 is 0.800 bits per heavy atom. The molecule has 0 radical (unpaired) electrons.